The molecule has 3 aromatic rings. The van der Waals surface area contributed by atoms with Crippen molar-refractivity contribution in [3.8, 4) is 11.1 Å². The number of thioether (sulfide) groups is 1. The Labute approximate surface area is 109 Å². The molecule has 0 atom stereocenters. The van der Waals surface area contributed by atoms with Crippen molar-refractivity contribution in [2.24, 2.45) is 0 Å². The van der Waals surface area contributed by atoms with Gasteiger partial charge < -0.3 is 5.73 Å². The zero-order valence-electron chi connectivity index (χ0n) is 9.97. The molecule has 3 rings (SSSR count). The van der Waals surface area contributed by atoms with Crippen molar-refractivity contribution < 1.29 is 0 Å². The van der Waals surface area contributed by atoms with Gasteiger partial charge >= 0.3 is 0 Å². The molecule has 0 aliphatic heterocycles. The number of aromatic nitrogens is 2. The molecule has 0 spiro atoms. The lowest BCUT2D eigenvalue weighted by Gasteiger charge is -2.03. The van der Waals surface area contributed by atoms with E-state index in [1.165, 1.54) is 16.0 Å². The number of anilines is 1. The van der Waals surface area contributed by atoms with Gasteiger partial charge in [-0.15, -0.1) is 11.8 Å². The molecule has 0 radical (unpaired) electrons. The molecule has 1 heterocycles. The second-order valence-corrected chi connectivity index (χ2v) is 4.98. The molecule has 0 fully saturated rings. The number of nitrogen functional groups attached to an aromatic ring is 1. The van der Waals surface area contributed by atoms with Crippen LogP contribution in [0.1, 0.15) is 0 Å². The summed E-state index contributed by atoms with van der Waals surface area (Å²) >= 11 is 1.75. The van der Waals surface area contributed by atoms with Gasteiger partial charge in [-0.25, -0.2) is 0 Å². The Morgan fingerprint density at radius 3 is 2.50 bits per heavy atom. The first-order valence-corrected chi connectivity index (χ1v) is 6.88. The number of nitrogens with two attached hydrogens (primary N) is 1. The fourth-order valence-corrected chi connectivity index (χ4v) is 2.41. The minimum atomic E-state index is 0.550. The average Bonchev–Trinajstić information content (AvgIpc) is 2.80. The zero-order chi connectivity index (χ0) is 12.5. The van der Waals surface area contributed by atoms with Crippen LogP contribution in [0.2, 0.25) is 0 Å². The number of hydrogen-bond donors (Lipinski definition) is 2. The number of nitrogens with one attached hydrogen (secondary N) is 1. The number of hydrogen-bond acceptors (Lipinski definition) is 3. The smallest absolute Gasteiger partial charge is 0.153 e. The molecule has 4 heteroatoms. The van der Waals surface area contributed by atoms with E-state index in [0.29, 0.717) is 5.82 Å². The third-order valence-electron chi connectivity index (χ3n) is 3.02. The molecule has 0 aliphatic carbocycles. The van der Waals surface area contributed by atoms with E-state index in [-0.39, 0.29) is 0 Å². The summed E-state index contributed by atoms with van der Waals surface area (Å²) in [7, 11) is 0. The van der Waals surface area contributed by atoms with Crippen LogP contribution in [0.15, 0.2) is 47.4 Å². The molecule has 3 N–H and O–H groups in total. The van der Waals surface area contributed by atoms with Crippen molar-refractivity contribution in [2.45, 2.75) is 4.90 Å². The van der Waals surface area contributed by atoms with E-state index in [1.54, 1.807) is 11.8 Å². The molecule has 0 amide bonds. The van der Waals surface area contributed by atoms with Gasteiger partial charge in [0.1, 0.15) is 0 Å². The monoisotopic (exact) mass is 255 g/mol. The second-order valence-electron chi connectivity index (χ2n) is 4.10. The lowest BCUT2D eigenvalue weighted by molar-refractivity contribution is 1.13. The van der Waals surface area contributed by atoms with Crippen LogP contribution in [0.3, 0.4) is 0 Å². The number of rotatable bonds is 2. The van der Waals surface area contributed by atoms with Crippen LogP contribution in [-0.4, -0.2) is 16.5 Å². The fraction of sp³-hybridized carbons (Fsp3) is 0.0714. The van der Waals surface area contributed by atoms with Crippen molar-refractivity contribution in [3.63, 3.8) is 0 Å². The molecule has 2 aromatic carbocycles. The topological polar surface area (TPSA) is 54.7 Å². The average molecular weight is 255 g/mol. The van der Waals surface area contributed by atoms with Gasteiger partial charge in [0, 0.05) is 10.3 Å². The van der Waals surface area contributed by atoms with Crippen molar-refractivity contribution in [1.29, 1.82) is 0 Å². The van der Waals surface area contributed by atoms with E-state index in [4.69, 9.17) is 5.73 Å². The third-order valence-corrected chi connectivity index (χ3v) is 3.76. The van der Waals surface area contributed by atoms with Crippen LogP contribution in [0.5, 0.6) is 0 Å². The Balaban J connectivity index is 2.07. The van der Waals surface area contributed by atoms with Gasteiger partial charge in [-0.05, 0) is 41.6 Å². The molecule has 3 nitrogen and oxygen atoms in total. The molecule has 0 saturated heterocycles. The van der Waals surface area contributed by atoms with E-state index < -0.39 is 0 Å². The predicted octanol–water partition coefficient (Wildman–Crippen LogP) is 3.53. The quantitative estimate of drug-likeness (QED) is 0.689. The first-order valence-electron chi connectivity index (χ1n) is 5.66. The highest BCUT2D eigenvalue weighted by Gasteiger charge is 2.04. The van der Waals surface area contributed by atoms with Crippen LogP contribution < -0.4 is 5.73 Å². The van der Waals surface area contributed by atoms with Crippen LogP contribution >= 0.6 is 11.8 Å². The summed E-state index contributed by atoms with van der Waals surface area (Å²) in [5, 5.41) is 7.92. The first-order chi connectivity index (χ1) is 8.78. The van der Waals surface area contributed by atoms with Crippen LogP contribution in [0.25, 0.3) is 22.0 Å². The highest BCUT2D eigenvalue weighted by molar-refractivity contribution is 7.98. The van der Waals surface area contributed by atoms with E-state index in [9.17, 15) is 0 Å². The summed E-state index contributed by atoms with van der Waals surface area (Å²) in [4.78, 5) is 1.27. The van der Waals surface area contributed by atoms with Gasteiger partial charge in [-0.3, -0.25) is 5.10 Å². The van der Waals surface area contributed by atoms with E-state index in [2.05, 4.69) is 52.9 Å². The summed E-state index contributed by atoms with van der Waals surface area (Å²) < 4.78 is 0. The van der Waals surface area contributed by atoms with Gasteiger partial charge in [0.15, 0.2) is 5.82 Å². The molecule has 0 aliphatic rings. The minimum absolute atomic E-state index is 0.550. The van der Waals surface area contributed by atoms with E-state index in [1.807, 2.05) is 6.07 Å². The highest BCUT2D eigenvalue weighted by Crippen LogP contribution is 2.27. The molecule has 0 saturated carbocycles. The standard InChI is InChI=1S/C14H13N3S/c1-18-11-5-2-9(3-6-11)10-4-7-12-13(8-10)16-17-14(12)15/h2-8H,1H3,(H3,15,16,17). The van der Waals surface area contributed by atoms with Crippen LogP contribution in [0.4, 0.5) is 5.82 Å². The van der Waals surface area contributed by atoms with Crippen molar-refractivity contribution in [2.75, 3.05) is 12.0 Å². The van der Waals surface area contributed by atoms with Crippen molar-refractivity contribution in [3.05, 3.63) is 42.5 Å². The molecule has 0 bridgehead atoms. The largest absolute Gasteiger partial charge is 0.382 e. The summed E-state index contributed by atoms with van der Waals surface area (Å²) in [6.07, 6.45) is 2.08. The SMILES string of the molecule is CSc1ccc(-c2ccc3c(N)n[nH]c3c2)cc1. The Hall–Kier alpha value is -1.94. The zero-order valence-corrected chi connectivity index (χ0v) is 10.8. The third kappa shape index (κ3) is 1.84. The fourth-order valence-electron chi connectivity index (χ4n) is 2.00. The van der Waals surface area contributed by atoms with Gasteiger partial charge in [0.25, 0.3) is 0 Å². The number of aromatic amines is 1. The maximum absolute atomic E-state index is 5.76. The predicted molar refractivity (Wildman–Crippen MR) is 77.7 cm³/mol. The number of H-pyrrole nitrogens is 1. The maximum Gasteiger partial charge on any atom is 0.153 e. The van der Waals surface area contributed by atoms with Gasteiger partial charge in [0.05, 0.1) is 5.52 Å². The molecule has 1 aromatic heterocycles. The summed E-state index contributed by atoms with van der Waals surface area (Å²) in [6, 6.07) is 14.7. The summed E-state index contributed by atoms with van der Waals surface area (Å²) in [6.45, 7) is 0. The Morgan fingerprint density at radius 1 is 1.06 bits per heavy atom. The Bertz CT molecular complexity index is 686. The molecule has 18 heavy (non-hydrogen) atoms. The normalized spacial score (nSPS) is 10.9. The number of benzene rings is 2. The van der Waals surface area contributed by atoms with Crippen LogP contribution in [-0.2, 0) is 0 Å². The molecule has 0 unspecified atom stereocenters. The molecular formula is C14H13N3S. The first kappa shape index (κ1) is 11.2. The van der Waals surface area contributed by atoms with Crippen molar-refractivity contribution >= 4 is 28.5 Å². The van der Waals surface area contributed by atoms with Gasteiger partial charge in [-0.1, -0.05) is 18.2 Å². The Kier molecular flexibility index (Phi) is 2.72. The summed E-state index contributed by atoms with van der Waals surface area (Å²) in [5.74, 6) is 0.550. The second kappa shape index (κ2) is 4.38. The number of fused-ring (bicyclic) bond motifs is 1. The lowest BCUT2D eigenvalue weighted by atomic mass is 10.0. The minimum Gasteiger partial charge on any atom is -0.382 e. The van der Waals surface area contributed by atoms with Crippen LogP contribution in [0, 0.1) is 0 Å². The number of nitrogens with zero attached hydrogens (tertiary/aromatic N) is 1. The van der Waals surface area contributed by atoms with E-state index >= 15 is 0 Å². The lowest BCUT2D eigenvalue weighted by Crippen LogP contribution is -1.83. The highest BCUT2D eigenvalue weighted by atomic mass is 32.2. The van der Waals surface area contributed by atoms with Crippen molar-refractivity contribution in [1.82, 2.24) is 10.2 Å². The van der Waals surface area contributed by atoms with Gasteiger partial charge in [0.2, 0.25) is 0 Å². The van der Waals surface area contributed by atoms with E-state index in [0.717, 1.165) is 10.9 Å². The summed E-state index contributed by atoms with van der Waals surface area (Å²) in [5.41, 5.74) is 9.09. The van der Waals surface area contributed by atoms with Gasteiger partial charge in [-0.2, -0.15) is 5.10 Å². The molecular weight excluding hydrogens is 242 g/mol. The molecule has 90 valence electrons. The maximum atomic E-state index is 5.76. The Morgan fingerprint density at radius 2 is 1.78 bits per heavy atom.